The Labute approximate surface area is 161 Å². The largest absolute Gasteiger partial charge is 0.368 e. The number of halogens is 1. The van der Waals surface area contributed by atoms with E-state index in [0.29, 0.717) is 13.1 Å². The molecule has 1 aliphatic rings. The van der Waals surface area contributed by atoms with Crippen LogP contribution in [0, 0.1) is 11.2 Å². The van der Waals surface area contributed by atoms with E-state index in [2.05, 4.69) is 20.4 Å². The second kappa shape index (κ2) is 9.58. The standard InChI is InChI=1S/C20H32FN5O/c1-5-22-18(27)20(3,4)15-24-19(23-6-2)26-13-11-25(12-14-26)17-9-7-16(21)8-10-17/h7-10H,5-6,11-15H2,1-4H3,(H,22,27)(H,23,24). The summed E-state index contributed by atoms with van der Waals surface area (Å²) in [5.41, 5.74) is 0.488. The summed E-state index contributed by atoms with van der Waals surface area (Å²) in [4.78, 5) is 21.4. The Hall–Kier alpha value is -2.31. The van der Waals surface area contributed by atoms with Crippen LogP contribution in [0.1, 0.15) is 27.7 Å². The van der Waals surface area contributed by atoms with Gasteiger partial charge in [-0.25, -0.2) is 4.39 Å². The lowest BCUT2D eigenvalue weighted by Gasteiger charge is -2.38. The molecule has 7 heteroatoms. The highest BCUT2D eigenvalue weighted by molar-refractivity contribution is 5.84. The summed E-state index contributed by atoms with van der Waals surface area (Å²) in [5.74, 6) is 0.646. The van der Waals surface area contributed by atoms with Gasteiger partial charge in [-0.05, 0) is 52.0 Å². The van der Waals surface area contributed by atoms with Crippen molar-refractivity contribution in [3.05, 3.63) is 30.1 Å². The molecule has 0 spiro atoms. The number of guanidine groups is 1. The first-order chi connectivity index (χ1) is 12.9. The molecule has 0 bridgehead atoms. The highest BCUT2D eigenvalue weighted by Gasteiger charge is 2.28. The van der Waals surface area contributed by atoms with Crippen LogP contribution in [0.15, 0.2) is 29.3 Å². The Morgan fingerprint density at radius 2 is 1.67 bits per heavy atom. The number of nitrogens with one attached hydrogen (secondary N) is 2. The molecule has 0 aliphatic carbocycles. The number of amides is 1. The van der Waals surface area contributed by atoms with E-state index in [9.17, 15) is 9.18 Å². The maximum atomic E-state index is 13.1. The Morgan fingerprint density at radius 3 is 2.22 bits per heavy atom. The van der Waals surface area contributed by atoms with Crippen LogP contribution < -0.4 is 15.5 Å². The third-order valence-electron chi connectivity index (χ3n) is 4.68. The molecule has 27 heavy (non-hydrogen) atoms. The maximum Gasteiger partial charge on any atom is 0.227 e. The molecule has 0 aromatic heterocycles. The van der Waals surface area contributed by atoms with Gasteiger partial charge in [-0.3, -0.25) is 9.79 Å². The molecule has 1 aromatic rings. The zero-order valence-corrected chi connectivity index (χ0v) is 16.9. The van der Waals surface area contributed by atoms with E-state index in [4.69, 9.17) is 4.99 Å². The van der Waals surface area contributed by atoms with Crippen molar-refractivity contribution >= 4 is 17.6 Å². The third-order valence-corrected chi connectivity index (χ3v) is 4.68. The van der Waals surface area contributed by atoms with Gasteiger partial charge in [0.1, 0.15) is 5.82 Å². The molecular formula is C20H32FN5O. The monoisotopic (exact) mass is 377 g/mol. The zero-order valence-electron chi connectivity index (χ0n) is 16.9. The molecule has 1 heterocycles. The molecule has 1 saturated heterocycles. The fourth-order valence-corrected chi connectivity index (χ4v) is 3.00. The van der Waals surface area contributed by atoms with E-state index in [-0.39, 0.29) is 11.7 Å². The SMILES string of the molecule is CCNC(=O)C(C)(C)CN=C(NCC)N1CCN(c2ccc(F)cc2)CC1. The number of anilines is 1. The molecule has 1 fully saturated rings. The molecule has 1 amide bonds. The van der Waals surface area contributed by atoms with Crippen molar-refractivity contribution in [3.63, 3.8) is 0 Å². The van der Waals surface area contributed by atoms with Gasteiger partial charge in [-0.2, -0.15) is 0 Å². The number of aliphatic imine (C=N–C) groups is 1. The van der Waals surface area contributed by atoms with Crippen LogP contribution in [-0.4, -0.2) is 62.6 Å². The number of hydrogen-bond acceptors (Lipinski definition) is 3. The minimum absolute atomic E-state index is 0.0192. The molecule has 0 radical (unpaired) electrons. The Morgan fingerprint density at radius 1 is 1.07 bits per heavy atom. The quantitative estimate of drug-likeness (QED) is 0.589. The van der Waals surface area contributed by atoms with Gasteiger partial charge in [0.2, 0.25) is 5.91 Å². The van der Waals surface area contributed by atoms with Gasteiger partial charge in [0, 0.05) is 45.0 Å². The summed E-state index contributed by atoms with van der Waals surface area (Å²) < 4.78 is 13.1. The van der Waals surface area contributed by atoms with Crippen molar-refractivity contribution in [2.24, 2.45) is 10.4 Å². The van der Waals surface area contributed by atoms with Crippen molar-refractivity contribution in [2.75, 3.05) is 50.7 Å². The fourth-order valence-electron chi connectivity index (χ4n) is 3.00. The molecule has 2 N–H and O–H groups in total. The summed E-state index contributed by atoms with van der Waals surface area (Å²) in [6.07, 6.45) is 0. The van der Waals surface area contributed by atoms with E-state index in [1.807, 2.05) is 39.8 Å². The van der Waals surface area contributed by atoms with Crippen molar-refractivity contribution in [2.45, 2.75) is 27.7 Å². The molecular weight excluding hydrogens is 345 g/mol. The minimum atomic E-state index is -0.549. The van der Waals surface area contributed by atoms with E-state index < -0.39 is 5.41 Å². The number of hydrogen-bond donors (Lipinski definition) is 2. The molecule has 150 valence electrons. The molecule has 0 unspecified atom stereocenters. The molecule has 6 nitrogen and oxygen atoms in total. The number of nitrogens with zero attached hydrogens (tertiary/aromatic N) is 3. The van der Waals surface area contributed by atoms with E-state index in [0.717, 1.165) is 44.4 Å². The highest BCUT2D eigenvalue weighted by Crippen LogP contribution is 2.18. The van der Waals surface area contributed by atoms with Crippen LogP contribution in [-0.2, 0) is 4.79 Å². The molecule has 1 aromatic carbocycles. The van der Waals surface area contributed by atoms with Gasteiger partial charge in [-0.1, -0.05) is 0 Å². The zero-order chi connectivity index (χ0) is 19.9. The lowest BCUT2D eigenvalue weighted by Crippen LogP contribution is -2.53. The van der Waals surface area contributed by atoms with Crippen LogP contribution in [0.2, 0.25) is 0 Å². The highest BCUT2D eigenvalue weighted by atomic mass is 19.1. The predicted molar refractivity (Wildman–Crippen MR) is 109 cm³/mol. The average Bonchev–Trinajstić information content (AvgIpc) is 2.66. The number of benzene rings is 1. The van der Waals surface area contributed by atoms with Crippen LogP contribution in [0.25, 0.3) is 0 Å². The van der Waals surface area contributed by atoms with Crippen LogP contribution in [0.5, 0.6) is 0 Å². The lowest BCUT2D eigenvalue weighted by atomic mass is 9.92. The van der Waals surface area contributed by atoms with Crippen molar-refractivity contribution in [3.8, 4) is 0 Å². The van der Waals surface area contributed by atoms with Crippen molar-refractivity contribution in [1.82, 2.24) is 15.5 Å². The number of carbonyl (C=O) groups is 1. The minimum Gasteiger partial charge on any atom is -0.368 e. The summed E-state index contributed by atoms with van der Waals surface area (Å²) in [5, 5.41) is 6.21. The first-order valence-corrected chi connectivity index (χ1v) is 9.69. The van der Waals surface area contributed by atoms with E-state index >= 15 is 0 Å². The topological polar surface area (TPSA) is 60.0 Å². The van der Waals surface area contributed by atoms with Crippen LogP contribution in [0.3, 0.4) is 0 Å². The number of carbonyl (C=O) groups excluding carboxylic acids is 1. The van der Waals surface area contributed by atoms with Gasteiger partial charge in [0.15, 0.2) is 5.96 Å². The second-order valence-corrected chi connectivity index (χ2v) is 7.36. The molecule has 0 saturated carbocycles. The van der Waals surface area contributed by atoms with Gasteiger partial charge in [0.05, 0.1) is 12.0 Å². The van der Waals surface area contributed by atoms with Gasteiger partial charge in [-0.15, -0.1) is 0 Å². The Bertz CT molecular complexity index is 636. The lowest BCUT2D eigenvalue weighted by molar-refractivity contribution is -0.128. The molecule has 1 aliphatic heterocycles. The summed E-state index contributed by atoms with van der Waals surface area (Å²) >= 11 is 0. The summed E-state index contributed by atoms with van der Waals surface area (Å²) in [6, 6.07) is 6.63. The third kappa shape index (κ3) is 5.84. The maximum absolute atomic E-state index is 13.1. The van der Waals surface area contributed by atoms with Crippen LogP contribution >= 0.6 is 0 Å². The smallest absolute Gasteiger partial charge is 0.227 e. The average molecular weight is 378 g/mol. The van der Waals surface area contributed by atoms with Gasteiger partial charge in [0.25, 0.3) is 0 Å². The first kappa shape index (κ1) is 21.0. The van der Waals surface area contributed by atoms with Gasteiger partial charge < -0.3 is 20.4 Å². The van der Waals surface area contributed by atoms with Crippen molar-refractivity contribution < 1.29 is 9.18 Å². The fraction of sp³-hybridized carbons (Fsp3) is 0.600. The number of rotatable bonds is 6. The van der Waals surface area contributed by atoms with Crippen molar-refractivity contribution in [1.29, 1.82) is 0 Å². The van der Waals surface area contributed by atoms with Crippen LogP contribution in [0.4, 0.5) is 10.1 Å². The second-order valence-electron chi connectivity index (χ2n) is 7.36. The Kier molecular flexibility index (Phi) is 7.45. The summed E-state index contributed by atoms with van der Waals surface area (Å²) in [6.45, 7) is 13.0. The van der Waals surface area contributed by atoms with E-state index in [1.54, 1.807) is 0 Å². The molecule has 2 rings (SSSR count). The van der Waals surface area contributed by atoms with E-state index in [1.165, 1.54) is 12.1 Å². The molecule has 0 atom stereocenters. The first-order valence-electron chi connectivity index (χ1n) is 9.69. The normalized spacial score (nSPS) is 15.7. The Balaban J connectivity index is 1.99. The predicted octanol–water partition coefficient (Wildman–Crippen LogP) is 2.08. The summed E-state index contributed by atoms with van der Waals surface area (Å²) in [7, 11) is 0. The van der Waals surface area contributed by atoms with Gasteiger partial charge >= 0.3 is 0 Å². The number of piperazine rings is 1.